The van der Waals surface area contributed by atoms with Crippen molar-refractivity contribution in [3.8, 4) is 0 Å². The van der Waals surface area contributed by atoms with Crippen LogP contribution in [-0.2, 0) is 21.2 Å². The van der Waals surface area contributed by atoms with Crippen molar-refractivity contribution in [1.29, 1.82) is 0 Å². The fourth-order valence-corrected chi connectivity index (χ4v) is 3.74. The second-order valence-corrected chi connectivity index (χ2v) is 7.64. The maximum Gasteiger partial charge on any atom is 0.242 e. The van der Waals surface area contributed by atoms with E-state index in [9.17, 15) is 13.5 Å². The van der Waals surface area contributed by atoms with Crippen molar-refractivity contribution < 1.29 is 18.3 Å². The normalized spacial score (nSPS) is 18.9. The Morgan fingerprint density at radius 3 is 2.33 bits per heavy atom. The summed E-state index contributed by atoms with van der Waals surface area (Å²) >= 11 is 0. The highest BCUT2D eigenvalue weighted by molar-refractivity contribution is 7.89. The number of ether oxygens (including phenoxy) is 1. The van der Waals surface area contributed by atoms with Gasteiger partial charge in [-0.2, -0.15) is 4.31 Å². The van der Waals surface area contributed by atoms with Crippen molar-refractivity contribution >= 4 is 10.0 Å². The van der Waals surface area contributed by atoms with Crippen LogP contribution < -0.4 is 0 Å². The fraction of sp³-hybridized carbons (Fsp3) is 0.600. The largest absolute Gasteiger partial charge is 0.388 e. The topological polar surface area (TPSA) is 66.8 Å². The van der Waals surface area contributed by atoms with Gasteiger partial charge in [-0.05, 0) is 24.1 Å². The lowest BCUT2D eigenvalue weighted by Gasteiger charge is -2.35. The number of likely N-dealkylation sites (N-methyl/N-ethyl adjacent to an activating group) is 1. The van der Waals surface area contributed by atoms with E-state index < -0.39 is 15.6 Å². The summed E-state index contributed by atoms with van der Waals surface area (Å²) in [4.78, 5) is 0.262. The Morgan fingerprint density at radius 2 is 1.81 bits per heavy atom. The Morgan fingerprint density at radius 1 is 1.24 bits per heavy atom. The van der Waals surface area contributed by atoms with Crippen LogP contribution in [0.3, 0.4) is 0 Å². The quantitative estimate of drug-likeness (QED) is 0.892. The van der Waals surface area contributed by atoms with Crippen LogP contribution in [0.1, 0.15) is 25.3 Å². The maximum absolute atomic E-state index is 12.5. The molecule has 118 valence electrons. The lowest BCUT2D eigenvalue weighted by molar-refractivity contribution is -0.0689. The molecule has 0 aliphatic carbocycles. The first kappa shape index (κ1) is 16.4. The molecule has 0 bridgehead atoms. The molecule has 0 radical (unpaired) electrons. The summed E-state index contributed by atoms with van der Waals surface area (Å²) in [7, 11) is -2.06. The Balaban J connectivity index is 2.13. The zero-order valence-corrected chi connectivity index (χ0v) is 13.4. The minimum Gasteiger partial charge on any atom is -0.388 e. The lowest BCUT2D eigenvalue weighted by atomic mass is 9.95. The fourth-order valence-electron chi connectivity index (χ4n) is 2.49. The minimum absolute atomic E-state index is 0.0915. The molecule has 21 heavy (non-hydrogen) atoms. The summed E-state index contributed by atoms with van der Waals surface area (Å²) in [5.41, 5.74) is 0.100. The van der Waals surface area contributed by atoms with E-state index in [1.807, 2.05) is 19.1 Å². The van der Waals surface area contributed by atoms with E-state index in [-0.39, 0.29) is 11.4 Å². The number of benzene rings is 1. The number of nitrogens with zero attached hydrogens (tertiary/aromatic N) is 1. The van der Waals surface area contributed by atoms with E-state index in [0.717, 1.165) is 12.0 Å². The van der Waals surface area contributed by atoms with Gasteiger partial charge < -0.3 is 9.84 Å². The molecule has 1 saturated heterocycles. The number of sulfonamides is 1. The van der Waals surface area contributed by atoms with E-state index in [1.54, 1.807) is 12.1 Å². The molecule has 0 amide bonds. The lowest BCUT2D eigenvalue weighted by Crippen LogP contribution is -2.47. The van der Waals surface area contributed by atoms with Crippen molar-refractivity contribution in [2.45, 2.75) is 36.7 Å². The van der Waals surface area contributed by atoms with Gasteiger partial charge in [-0.25, -0.2) is 8.42 Å². The summed E-state index contributed by atoms with van der Waals surface area (Å²) in [6.45, 7) is 3.05. The average Bonchev–Trinajstić information content (AvgIpc) is 2.47. The van der Waals surface area contributed by atoms with E-state index in [4.69, 9.17) is 4.74 Å². The van der Waals surface area contributed by atoms with Crippen molar-refractivity contribution in [3.63, 3.8) is 0 Å². The molecule has 5 nitrogen and oxygen atoms in total. The first-order chi connectivity index (χ1) is 9.87. The van der Waals surface area contributed by atoms with Gasteiger partial charge in [-0.15, -0.1) is 0 Å². The number of aryl methyl sites for hydroxylation is 1. The summed E-state index contributed by atoms with van der Waals surface area (Å²) in [5.74, 6) is 0. The van der Waals surface area contributed by atoms with Gasteiger partial charge in [-0.1, -0.05) is 19.1 Å². The number of rotatable bonds is 5. The SMILES string of the molecule is CCc1ccc(S(=O)(=O)N(C)CC2(O)CCOCC2)cc1. The summed E-state index contributed by atoms with van der Waals surface area (Å²) in [6.07, 6.45) is 1.79. The average molecular weight is 313 g/mol. The zero-order chi connectivity index (χ0) is 15.5. The Bertz CT molecular complexity index is 562. The molecular formula is C15H23NO4S. The summed E-state index contributed by atoms with van der Waals surface area (Å²) < 4.78 is 31.5. The van der Waals surface area contributed by atoms with Gasteiger partial charge >= 0.3 is 0 Å². The second kappa shape index (κ2) is 6.44. The van der Waals surface area contributed by atoms with Crippen molar-refractivity contribution in [3.05, 3.63) is 29.8 Å². The number of hydrogen-bond acceptors (Lipinski definition) is 4. The van der Waals surface area contributed by atoms with Crippen molar-refractivity contribution in [1.82, 2.24) is 4.31 Å². The highest BCUT2D eigenvalue weighted by Gasteiger charge is 2.34. The third-order valence-electron chi connectivity index (χ3n) is 3.98. The van der Waals surface area contributed by atoms with Gasteiger partial charge in [0.15, 0.2) is 0 Å². The predicted molar refractivity (Wildman–Crippen MR) is 80.6 cm³/mol. The molecule has 0 unspecified atom stereocenters. The summed E-state index contributed by atoms with van der Waals surface area (Å²) in [6, 6.07) is 6.89. The molecule has 0 saturated carbocycles. The molecule has 1 N–H and O–H groups in total. The molecule has 1 heterocycles. The molecule has 1 aliphatic rings. The number of aliphatic hydroxyl groups is 1. The Labute approximate surface area is 126 Å². The van der Waals surface area contributed by atoms with E-state index in [0.29, 0.717) is 26.1 Å². The molecule has 2 rings (SSSR count). The van der Waals surface area contributed by atoms with Gasteiger partial charge in [0.25, 0.3) is 0 Å². The monoisotopic (exact) mass is 313 g/mol. The highest BCUT2D eigenvalue weighted by atomic mass is 32.2. The minimum atomic E-state index is -3.57. The van der Waals surface area contributed by atoms with Gasteiger partial charge in [0.1, 0.15) is 0 Å². The van der Waals surface area contributed by atoms with Crippen LogP contribution in [0.25, 0.3) is 0 Å². The molecular weight excluding hydrogens is 290 g/mol. The maximum atomic E-state index is 12.5. The van der Waals surface area contributed by atoms with Crippen LogP contribution in [0.15, 0.2) is 29.2 Å². The predicted octanol–water partition coefficient (Wildman–Crippen LogP) is 1.41. The molecule has 6 heteroatoms. The third kappa shape index (κ3) is 3.83. The van der Waals surface area contributed by atoms with Gasteiger partial charge in [0, 0.05) is 39.6 Å². The van der Waals surface area contributed by atoms with Crippen LogP contribution in [0.5, 0.6) is 0 Å². The Hall–Kier alpha value is -0.950. The third-order valence-corrected chi connectivity index (χ3v) is 5.80. The van der Waals surface area contributed by atoms with Crippen molar-refractivity contribution in [2.24, 2.45) is 0 Å². The second-order valence-electron chi connectivity index (χ2n) is 5.60. The molecule has 0 atom stereocenters. The molecule has 1 aromatic rings. The van der Waals surface area contributed by atoms with E-state index in [2.05, 4.69) is 0 Å². The van der Waals surface area contributed by atoms with Gasteiger partial charge in [0.05, 0.1) is 10.5 Å². The standard InChI is InChI=1S/C15H23NO4S/c1-3-13-4-6-14(7-5-13)21(18,19)16(2)12-15(17)8-10-20-11-9-15/h4-7,17H,3,8-12H2,1-2H3. The Kier molecular flexibility index (Phi) is 5.03. The molecule has 1 aliphatic heterocycles. The smallest absolute Gasteiger partial charge is 0.242 e. The van der Waals surface area contributed by atoms with E-state index in [1.165, 1.54) is 11.4 Å². The molecule has 1 fully saturated rings. The van der Waals surface area contributed by atoms with Crippen LogP contribution in [0, 0.1) is 0 Å². The summed E-state index contributed by atoms with van der Waals surface area (Å²) in [5, 5.41) is 10.4. The number of hydrogen-bond donors (Lipinski definition) is 1. The van der Waals surface area contributed by atoms with Gasteiger partial charge in [0.2, 0.25) is 10.0 Å². The first-order valence-electron chi connectivity index (χ1n) is 7.23. The molecule has 0 spiro atoms. The molecule has 1 aromatic carbocycles. The van der Waals surface area contributed by atoms with Crippen LogP contribution >= 0.6 is 0 Å². The van der Waals surface area contributed by atoms with E-state index >= 15 is 0 Å². The van der Waals surface area contributed by atoms with Crippen LogP contribution in [0.2, 0.25) is 0 Å². The molecule has 0 aromatic heterocycles. The zero-order valence-electron chi connectivity index (χ0n) is 12.6. The van der Waals surface area contributed by atoms with Crippen LogP contribution in [-0.4, -0.2) is 50.2 Å². The van der Waals surface area contributed by atoms with Crippen LogP contribution in [0.4, 0.5) is 0 Å². The highest BCUT2D eigenvalue weighted by Crippen LogP contribution is 2.24. The van der Waals surface area contributed by atoms with Crippen molar-refractivity contribution in [2.75, 3.05) is 26.8 Å². The first-order valence-corrected chi connectivity index (χ1v) is 8.67. The van der Waals surface area contributed by atoms with Gasteiger partial charge in [-0.3, -0.25) is 0 Å².